The van der Waals surface area contributed by atoms with E-state index in [0.29, 0.717) is 19.3 Å². The fourth-order valence-corrected chi connectivity index (χ4v) is 1.97. The summed E-state index contributed by atoms with van der Waals surface area (Å²) in [6, 6.07) is 0.465. The number of hydrogen-bond donors (Lipinski definition) is 0. The van der Waals surface area contributed by atoms with Gasteiger partial charge in [0, 0.05) is 19.7 Å². The maximum Gasteiger partial charge on any atom is 0.323 e. The predicted octanol–water partition coefficient (Wildman–Crippen LogP) is 1.44. The molecule has 0 spiro atoms. The van der Waals surface area contributed by atoms with Gasteiger partial charge in [-0.3, -0.25) is 9.69 Å². The highest BCUT2D eigenvalue weighted by molar-refractivity contribution is 5.75. The summed E-state index contributed by atoms with van der Waals surface area (Å²) in [5.41, 5.74) is 0. The van der Waals surface area contributed by atoms with Crippen LogP contribution in [0.1, 0.15) is 33.1 Å². The van der Waals surface area contributed by atoms with Crippen molar-refractivity contribution < 1.29 is 14.3 Å². The maximum absolute atomic E-state index is 11.8. The molecule has 94 valence electrons. The number of hydrogen-bond acceptors (Lipinski definition) is 4. The minimum absolute atomic E-state index is 0.0898. The lowest BCUT2D eigenvalue weighted by Crippen LogP contribution is -2.44. The predicted molar refractivity (Wildman–Crippen MR) is 62.3 cm³/mol. The van der Waals surface area contributed by atoms with Gasteiger partial charge in [-0.05, 0) is 26.2 Å². The molecular weight excluding hydrogens is 206 g/mol. The molecule has 0 aliphatic heterocycles. The number of ether oxygens (including phenoxy) is 2. The van der Waals surface area contributed by atoms with Crippen molar-refractivity contribution >= 4 is 5.97 Å². The van der Waals surface area contributed by atoms with Gasteiger partial charge in [0.05, 0.1) is 13.2 Å². The topological polar surface area (TPSA) is 38.8 Å². The SMILES string of the molecule is CCOC(=O)C(CC)N(CCOC)C1CC1. The monoisotopic (exact) mass is 229 g/mol. The van der Waals surface area contributed by atoms with Gasteiger partial charge in [0.1, 0.15) is 6.04 Å². The van der Waals surface area contributed by atoms with Crippen molar-refractivity contribution in [2.24, 2.45) is 0 Å². The fraction of sp³-hybridized carbons (Fsp3) is 0.917. The highest BCUT2D eigenvalue weighted by Gasteiger charge is 2.36. The molecule has 1 aliphatic carbocycles. The Morgan fingerprint density at radius 3 is 2.56 bits per heavy atom. The molecule has 0 aromatic rings. The molecule has 1 fully saturated rings. The molecule has 0 radical (unpaired) electrons. The molecule has 0 heterocycles. The summed E-state index contributed by atoms with van der Waals surface area (Å²) >= 11 is 0. The maximum atomic E-state index is 11.8. The Balaban J connectivity index is 2.53. The summed E-state index contributed by atoms with van der Waals surface area (Å²) < 4.78 is 10.2. The summed E-state index contributed by atoms with van der Waals surface area (Å²) in [5, 5.41) is 0. The Kier molecular flexibility index (Phi) is 5.77. The second-order valence-electron chi connectivity index (χ2n) is 4.14. The largest absolute Gasteiger partial charge is 0.465 e. The van der Waals surface area contributed by atoms with E-state index in [-0.39, 0.29) is 12.0 Å². The first kappa shape index (κ1) is 13.5. The lowest BCUT2D eigenvalue weighted by atomic mass is 10.2. The van der Waals surface area contributed by atoms with Gasteiger partial charge in [0.15, 0.2) is 0 Å². The van der Waals surface area contributed by atoms with E-state index in [0.717, 1.165) is 13.0 Å². The number of esters is 1. The highest BCUT2D eigenvalue weighted by Crippen LogP contribution is 2.29. The third kappa shape index (κ3) is 3.76. The van der Waals surface area contributed by atoms with Crippen LogP contribution in [0.5, 0.6) is 0 Å². The van der Waals surface area contributed by atoms with Gasteiger partial charge in [0.2, 0.25) is 0 Å². The number of carbonyl (C=O) groups excluding carboxylic acids is 1. The molecule has 4 heteroatoms. The average molecular weight is 229 g/mol. The molecule has 1 atom stereocenters. The number of nitrogens with zero attached hydrogens (tertiary/aromatic N) is 1. The Bertz CT molecular complexity index is 216. The number of carbonyl (C=O) groups is 1. The normalized spacial score (nSPS) is 17.5. The molecule has 4 nitrogen and oxygen atoms in total. The Labute approximate surface area is 97.9 Å². The molecule has 0 saturated heterocycles. The highest BCUT2D eigenvalue weighted by atomic mass is 16.5. The molecule has 0 N–H and O–H groups in total. The summed E-state index contributed by atoms with van der Waals surface area (Å²) in [6.07, 6.45) is 3.19. The molecule has 0 aromatic carbocycles. The van der Waals surface area contributed by atoms with Crippen LogP contribution in [0.2, 0.25) is 0 Å². The summed E-state index contributed by atoms with van der Waals surface area (Å²) in [7, 11) is 1.69. The lowest BCUT2D eigenvalue weighted by Gasteiger charge is -2.29. The average Bonchev–Trinajstić information content (AvgIpc) is 3.08. The summed E-state index contributed by atoms with van der Waals surface area (Å²) in [6.45, 7) is 5.83. The Hall–Kier alpha value is -0.610. The summed E-state index contributed by atoms with van der Waals surface area (Å²) in [5.74, 6) is -0.0898. The van der Waals surface area contributed by atoms with Crippen LogP contribution in [0.3, 0.4) is 0 Å². The second-order valence-corrected chi connectivity index (χ2v) is 4.14. The van der Waals surface area contributed by atoms with Crippen LogP contribution in [0.25, 0.3) is 0 Å². The van der Waals surface area contributed by atoms with E-state index < -0.39 is 0 Å². The summed E-state index contributed by atoms with van der Waals surface area (Å²) in [4.78, 5) is 14.0. The second kappa shape index (κ2) is 6.86. The van der Waals surface area contributed by atoms with E-state index in [1.165, 1.54) is 12.8 Å². The molecule has 1 aliphatic rings. The van der Waals surface area contributed by atoms with E-state index in [1.807, 2.05) is 13.8 Å². The molecule has 1 saturated carbocycles. The van der Waals surface area contributed by atoms with Crippen LogP contribution in [0.4, 0.5) is 0 Å². The van der Waals surface area contributed by atoms with Gasteiger partial charge in [0.25, 0.3) is 0 Å². The van der Waals surface area contributed by atoms with Gasteiger partial charge < -0.3 is 9.47 Å². The molecule has 0 bridgehead atoms. The van der Waals surface area contributed by atoms with Crippen molar-refractivity contribution in [3.8, 4) is 0 Å². The Morgan fingerprint density at radius 2 is 2.12 bits per heavy atom. The first-order chi connectivity index (χ1) is 7.74. The van der Waals surface area contributed by atoms with Crippen molar-refractivity contribution in [2.75, 3.05) is 26.9 Å². The van der Waals surface area contributed by atoms with Gasteiger partial charge in [-0.25, -0.2) is 0 Å². The van der Waals surface area contributed by atoms with Crippen LogP contribution < -0.4 is 0 Å². The molecule has 1 unspecified atom stereocenters. The molecule has 16 heavy (non-hydrogen) atoms. The quantitative estimate of drug-likeness (QED) is 0.590. The van der Waals surface area contributed by atoms with Crippen molar-refractivity contribution in [3.63, 3.8) is 0 Å². The smallest absolute Gasteiger partial charge is 0.323 e. The van der Waals surface area contributed by atoms with Crippen LogP contribution in [-0.2, 0) is 14.3 Å². The van der Waals surface area contributed by atoms with Crippen LogP contribution >= 0.6 is 0 Å². The van der Waals surface area contributed by atoms with Crippen molar-refractivity contribution in [1.29, 1.82) is 0 Å². The van der Waals surface area contributed by atoms with E-state index in [4.69, 9.17) is 9.47 Å². The van der Waals surface area contributed by atoms with Crippen molar-refractivity contribution in [3.05, 3.63) is 0 Å². The number of methoxy groups -OCH3 is 1. The molecule has 0 amide bonds. The zero-order valence-electron chi connectivity index (χ0n) is 10.6. The van der Waals surface area contributed by atoms with Crippen molar-refractivity contribution in [2.45, 2.75) is 45.2 Å². The van der Waals surface area contributed by atoms with E-state index in [2.05, 4.69) is 4.90 Å². The Morgan fingerprint density at radius 1 is 1.44 bits per heavy atom. The molecule has 1 rings (SSSR count). The first-order valence-corrected chi connectivity index (χ1v) is 6.15. The van der Waals surface area contributed by atoms with E-state index >= 15 is 0 Å². The van der Waals surface area contributed by atoms with Crippen LogP contribution in [0.15, 0.2) is 0 Å². The minimum atomic E-state index is -0.0948. The first-order valence-electron chi connectivity index (χ1n) is 6.15. The third-order valence-corrected chi connectivity index (χ3v) is 2.92. The molecular formula is C12H23NO3. The number of rotatable bonds is 8. The van der Waals surface area contributed by atoms with Crippen molar-refractivity contribution in [1.82, 2.24) is 4.90 Å². The zero-order chi connectivity index (χ0) is 12.0. The van der Waals surface area contributed by atoms with E-state index in [9.17, 15) is 4.79 Å². The third-order valence-electron chi connectivity index (χ3n) is 2.92. The van der Waals surface area contributed by atoms with Gasteiger partial charge >= 0.3 is 5.97 Å². The van der Waals surface area contributed by atoms with Crippen LogP contribution in [0, 0.1) is 0 Å². The zero-order valence-corrected chi connectivity index (χ0v) is 10.6. The lowest BCUT2D eigenvalue weighted by molar-refractivity contribution is -0.150. The van der Waals surface area contributed by atoms with Gasteiger partial charge in [-0.1, -0.05) is 6.92 Å². The standard InChI is InChI=1S/C12H23NO3/c1-4-11(12(14)16-5-2)13(8-9-15-3)10-6-7-10/h10-11H,4-9H2,1-3H3. The minimum Gasteiger partial charge on any atom is -0.465 e. The van der Waals surface area contributed by atoms with E-state index in [1.54, 1.807) is 7.11 Å². The van der Waals surface area contributed by atoms with Gasteiger partial charge in [-0.2, -0.15) is 0 Å². The molecule has 0 aromatic heterocycles. The van der Waals surface area contributed by atoms with Crippen LogP contribution in [-0.4, -0.2) is 49.8 Å². The fourth-order valence-electron chi connectivity index (χ4n) is 1.97. The van der Waals surface area contributed by atoms with Gasteiger partial charge in [-0.15, -0.1) is 0 Å².